The number of anilines is 3. The molecule has 0 aliphatic rings. The lowest BCUT2D eigenvalue weighted by atomic mass is 10.2. The number of benzene rings is 1. The van der Waals surface area contributed by atoms with Gasteiger partial charge in [-0.25, -0.2) is 23.7 Å². The zero-order chi connectivity index (χ0) is 28.2. The molecule has 1 N–H and O–H groups in total. The third-order valence-electron chi connectivity index (χ3n) is 6.07. The van der Waals surface area contributed by atoms with Crippen molar-refractivity contribution in [3.63, 3.8) is 0 Å². The summed E-state index contributed by atoms with van der Waals surface area (Å²) >= 11 is 0. The summed E-state index contributed by atoms with van der Waals surface area (Å²) in [7, 11) is 3.46. The first kappa shape index (κ1) is 26.4. The number of aromatic nitrogens is 5. The van der Waals surface area contributed by atoms with Crippen molar-refractivity contribution in [1.29, 1.82) is 0 Å². The molecule has 1 aromatic carbocycles. The van der Waals surface area contributed by atoms with Crippen LogP contribution in [0.1, 0.15) is 23.0 Å². The van der Waals surface area contributed by atoms with E-state index in [0.29, 0.717) is 17.9 Å². The van der Waals surface area contributed by atoms with E-state index in [9.17, 15) is 14.0 Å². The molecule has 0 unspecified atom stereocenters. The lowest BCUT2D eigenvalue weighted by Crippen LogP contribution is -2.23. The van der Waals surface area contributed by atoms with Gasteiger partial charge in [0.25, 0.3) is 5.56 Å². The molecule has 4 aromatic heterocycles. The Hall–Kier alpha value is -5.26. The van der Waals surface area contributed by atoms with Crippen molar-refractivity contribution in [1.82, 2.24) is 24.1 Å². The molecule has 0 aliphatic carbocycles. The maximum atomic E-state index is 14.6. The zero-order valence-corrected chi connectivity index (χ0v) is 22.0. The van der Waals surface area contributed by atoms with Crippen LogP contribution in [0.25, 0.3) is 11.5 Å². The molecule has 0 saturated carbocycles. The molecule has 0 spiro atoms. The number of carbonyl (C=O) groups excluding carboxylic acids is 1. The molecule has 11 nitrogen and oxygen atoms in total. The minimum absolute atomic E-state index is 0.0703. The van der Waals surface area contributed by atoms with Crippen LogP contribution in [0, 0.1) is 5.82 Å². The van der Waals surface area contributed by atoms with E-state index >= 15 is 0 Å². The minimum Gasteiger partial charge on any atom is -0.497 e. The van der Waals surface area contributed by atoms with Gasteiger partial charge in [-0.1, -0.05) is 18.2 Å². The number of fused-ring (bicyclic) bond motifs is 1. The second kappa shape index (κ2) is 11.2. The van der Waals surface area contributed by atoms with Crippen molar-refractivity contribution < 1.29 is 18.7 Å². The number of hydrogen-bond donors (Lipinski definition) is 1. The number of pyridine rings is 2. The van der Waals surface area contributed by atoms with Gasteiger partial charge in [0.05, 0.1) is 25.6 Å². The summed E-state index contributed by atoms with van der Waals surface area (Å²) in [6.07, 6.45) is 3.95. The number of nitrogens with one attached hydrogen (secondary N) is 1. The van der Waals surface area contributed by atoms with E-state index in [1.54, 1.807) is 38.3 Å². The minimum atomic E-state index is -0.652. The van der Waals surface area contributed by atoms with E-state index in [2.05, 4.69) is 20.4 Å². The molecule has 0 atom stereocenters. The average molecular weight is 544 g/mol. The number of methoxy groups -OCH3 is 1. The van der Waals surface area contributed by atoms with Crippen LogP contribution in [-0.4, -0.2) is 50.9 Å². The molecule has 204 valence electrons. The van der Waals surface area contributed by atoms with Crippen LogP contribution < -0.4 is 20.5 Å². The Kier molecular flexibility index (Phi) is 7.40. The summed E-state index contributed by atoms with van der Waals surface area (Å²) < 4.78 is 27.5. The van der Waals surface area contributed by atoms with Crippen LogP contribution in [0.15, 0.2) is 78.0 Å². The maximum absolute atomic E-state index is 14.6. The number of halogens is 1. The molecule has 40 heavy (non-hydrogen) atoms. The SMILES string of the molecule is CCOC(=O)c1cnc2c(N(C)Cc3ccc(OC)cc3)cc(Nc3cc(F)cn(-c4ccccn4)c3=O)nn12. The van der Waals surface area contributed by atoms with E-state index < -0.39 is 17.3 Å². The fourth-order valence-electron chi connectivity index (χ4n) is 4.17. The van der Waals surface area contributed by atoms with Crippen molar-refractivity contribution in [2.75, 3.05) is 31.0 Å². The molecule has 0 aliphatic heterocycles. The first-order valence-electron chi connectivity index (χ1n) is 12.4. The molecular formula is C28H26FN7O4. The van der Waals surface area contributed by atoms with Crippen LogP contribution in [0.5, 0.6) is 5.75 Å². The van der Waals surface area contributed by atoms with E-state index in [-0.39, 0.29) is 29.6 Å². The third-order valence-corrected chi connectivity index (χ3v) is 6.07. The Morgan fingerprint density at radius 2 is 1.93 bits per heavy atom. The van der Waals surface area contributed by atoms with Crippen LogP contribution in [0.3, 0.4) is 0 Å². The van der Waals surface area contributed by atoms with Gasteiger partial charge in [0, 0.05) is 38.1 Å². The van der Waals surface area contributed by atoms with Crippen molar-refractivity contribution in [3.8, 4) is 11.6 Å². The van der Waals surface area contributed by atoms with E-state index in [4.69, 9.17) is 9.47 Å². The summed E-state index contributed by atoms with van der Waals surface area (Å²) in [5.74, 6) is -0.0735. The lowest BCUT2D eigenvalue weighted by Gasteiger charge is -2.21. The smallest absolute Gasteiger partial charge is 0.358 e. The van der Waals surface area contributed by atoms with Gasteiger partial charge in [-0.05, 0) is 36.8 Å². The normalized spacial score (nSPS) is 10.9. The fraction of sp³-hybridized carbons (Fsp3) is 0.179. The second-order valence-corrected chi connectivity index (χ2v) is 8.78. The largest absolute Gasteiger partial charge is 0.497 e. The van der Waals surface area contributed by atoms with Crippen LogP contribution in [-0.2, 0) is 11.3 Å². The summed E-state index contributed by atoms with van der Waals surface area (Å²) in [5, 5.41) is 7.41. The molecular weight excluding hydrogens is 517 g/mol. The number of rotatable bonds is 9. The highest BCUT2D eigenvalue weighted by Crippen LogP contribution is 2.27. The molecule has 0 saturated heterocycles. The van der Waals surface area contributed by atoms with E-state index in [1.165, 1.54) is 16.9 Å². The van der Waals surface area contributed by atoms with Gasteiger partial charge in [0.2, 0.25) is 0 Å². The third kappa shape index (κ3) is 5.32. The Labute approximate surface area is 228 Å². The Balaban J connectivity index is 1.58. The molecule has 12 heteroatoms. The first-order valence-corrected chi connectivity index (χ1v) is 12.4. The highest BCUT2D eigenvalue weighted by Gasteiger charge is 2.20. The van der Waals surface area contributed by atoms with Gasteiger partial charge >= 0.3 is 5.97 Å². The monoisotopic (exact) mass is 543 g/mol. The van der Waals surface area contributed by atoms with E-state index in [1.807, 2.05) is 36.2 Å². The topological polar surface area (TPSA) is 116 Å². The van der Waals surface area contributed by atoms with Crippen molar-refractivity contribution in [2.24, 2.45) is 0 Å². The van der Waals surface area contributed by atoms with Crippen molar-refractivity contribution in [2.45, 2.75) is 13.5 Å². The van der Waals surface area contributed by atoms with E-state index in [0.717, 1.165) is 28.1 Å². The van der Waals surface area contributed by atoms with Gasteiger partial charge < -0.3 is 19.7 Å². The standard InChI is InChI=1S/C28H26FN7O4/c1-4-40-28(38)23-15-31-26-22(34(2)16-18-8-10-20(39-3)11-9-18)14-24(33-36(23)26)32-21-13-19(29)17-35(27(21)37)25-7-5-6-12-30-25/h5-15,17H,4,16H2,1-3H3,(H,32,33). The predicted octanol–water partition coefficient (Wildman–Crippen LogP) is 3.98. The van der Waals surface area contributed by atoms with Crippen LogP contribution in [0.4, 0.5) is 21.6 Å². The second-order valence-electron chi connectivity index (χ2n) is 8.78. The number of ether oxygens (including phenoxy) is 2. The molecule has 0 fully saturated rings. The molecule has 4 heterocycles. The lowest BCUT2D eigenvalue weighted by molar-refractivity contribution is 0.0517. The summed E-state index contributed by atoms with van der Waals surface area (Å²) in [5.41, 5.74) is 1.49. The molecule has 5 rings (SSSR count). The number of esters is 1. The molecule has 5 aromatic rings. The molecule has 0 bridgehead atoms. The zero-order valence-electron chi connectivity index (χ0n) is 22.0. The molecule has 0 amide bonds. The van der Waals surface area contributed by atoms with Gasteiger partial charge in [-0.3, -0.25) is 9.36 Å². The Morgan fingerprint density at radius 1 is 1.12 bits per heavy atom. The van der Waals surface area contributed by atoms with Gasteiger partial charge in [-0.2, -0.15) is 0 Å². The predicted molar refractivity (Wildman–Crippen MR) is 147 cm³/mol. The summed E-state index contributed by atoms with van der Waals surface area (Å²) in [4.78, 5) is 36.4. The number of hydrogen-bond acceptors (Lipinski definition) is 9. The number of carbonyl (C=O) groups is 1. The Bertz CT molecular complexity index is 1720. The average Bonchev–Trinajstić information content (AvgIpc) is 3.39. The van der Waals surface area contributed by atoms with Crippen molar-refractivity contribution in [3.05, 3.63) is 101 Å². The number of nitrogens with zero attached hydrogens (tertiary/aromatic N) is 6. The van der Waals surface area contributed by atoms with Crippen LogP contribution in [0.2, 0.25) is 0 Å². The summed E-state index contributed by atoms with van der Waals surface area (Å²) in [6.45, 7) is 2.36. The number of imidazole rings is 1. The highest BCUT2D eigenvalue weighted by molar-refractivity contribution is 5.89. The fourth-order valence-corrected chi connectivity index (χ4v) is 4.17. The van der Waals surface area contributed by atoms with Gasteiger partial charge in [0.15, 0.2) is 17.2 Å². The molecule has 0 radical (unpaired) electrons. The maximum Gasteiger partial charge on any atom is 0.358 e. The van der Waals surface area contributed by atoms with Crippen molar-refractivity contribution >= 4 is 28.8 Å². The first-order chi connectivity index (χ1) is 19.4. The van der Waals surface area contributed by atoms with Gasteiger partial charge in [0.1, 0.15) is 23.1 Å². The van der Waals surface area contributed by atoms with Gasteiger partial charge in [-0.15, -0.1) is 5.10 Å². The van der Waals surface area contributed by atoms with Crippen LogP contribution >= 0.6 is 0 Å². The highest BCUT2D eigenvalue weighted by atomic mass is 19.1. The summed E-state index contributed by atoms with van der Waals surface area (Å²) in [6, 6.07) is 15.4. The quantitative estimate of drug-likeness (QED) is 0.276. The Morgan fingerprint density at radius 3 is 2.62 bits per heavy atom.